The van der Waals surface area contributed by atoms with Crippen molar-refractivity contribution in [2.75, 3.05) is 0 Å². The Bertz CT molecular complexity index is 482. The van der Waals surface area contributed by atoms with Crippen molar-refractivity contribution in [1.29, 1.82) is 0 Å². The van der Waals surface area contributed by atoms with Crippen molar-refractivity contribution < 1.29 is 0 Å². The number of rotatable bonds is 5. The van der Waals surface area contributed by atoms with Gasteiger partial charge in [0.2, 0.25) is 0 Å². The Labute approximate surface area is 98.3 Å². The van der Waals surface area contributed by atoms with Crippen LogP contribution in [0.25, 0.3) is 0 Å². The number of aromatic amines is 1. The van der Waals surface area contributed by atoms with Crippen LogP contribution in [0, 0.1) is 4.77 Å². The highest BCUT2D eigenvalue weighted by molar-refractivity contribution is 7.71. The van der Waals surface area contributed by atoms with Crippen molar-refractivity contribution in [3.05, 3.63) is 23.0 Å². The fourth-order valence-electron chi connectivity index (χ4n) is 1.59. The standard InChI is InChI=1S/C9H14N6S/c1-2-8-11-12-9(16)15(8)6-3-5-14-7-4-10-13-14/h4,7H,2-3,5-6H2,1H3,(H,12,16). The Kier molecular flexibility index (Phi) is 3.45. The molecule has 16 heavy (non-hydrogen) atoms. The monoisotopic (exact) mass is 238 g/mol. The third-order valence-corrected chi connectivity index (χ3v) is 2.71. The molecule has 0 spiro atoms. The molecule has 0 atom stereocenters. The fourth-order valence-corrected chi connectivity index (χ4v) is 1.84. The molecule has 0 unspecified atom stereocenters. The SMILES string of the molecule is CCc1n[nH]c(=S)n1CCCn1ccnn1. The summed E-state index contributed by atoms with van der Waals surface area (Å²) in [5.41, 5.74) is 0. The van der Waals surface area contributed by atoms with Gasteiger partial charge in [-0.25, -0.2) is 0 Å². The number of aryl methyl sites for hydroxylation is 2. The molecule has 86 valence electrons. The van der Waals surface area contributed by atoms with Crippen molar-refractivity contribution in [3.63, 3.8) is 0 Å². The molecule has 0 bridgehead atoms. The maximum absolute atomic E-state index is 5.16. The molecule has 7 heteroatoms. The van der Waals surface area contributed by atoms with Crippen LogP contribution >= 0.6 is 12.2 Å². The number of H-pyrrole nitrogens is 1. The zero-order valence-electron chi connectivity index (χ0n) is 9.13. The maximum atomic E-state index is 5.16. The van der Waals surface area contributed by atoms with E-state index in [1.54, 1.807) is 6.20 Å². The van der Waals surface area contributed by atoms with Gasteiger partial charge in [-0.15, -0.1) is 5.10 Å². The molecule has 1 N–H and O–H groups in total. The highest BCUT2D eigenvalue weighted by atomic mass is 32.1. The molecular formula is C9H14N6S. The predicted molar refractivity (Wildman–Crippen MR) is 61.4 cm³/mol. The van der Waals surface area contributed by atoms with Crippen molar-refractivity contribution in [2.45, 2.75) is 32.9 Å². The Morgan fingerprint density at radius 1 is 1.44 bits per heavy atom. The van der Waals surface area contributed by atoms with Crippen molar-refractivity contribution in [3.8, 4) is 0 Å². The van der Waals surface area contributed by atoms with Crippen LogP contribution in [-0.4, -0.2) is 29.8 Å². The van der Waals surface area contributed by atoms with E-state index in [0.717, 1.165) is 31.8 Å². The lowest BCUT2D eigenvalue weighted by molar-refractivity contribution is 0.504. The largest absolute Gasteiger partial charge is 0.304 e. The van der Waals surface area contributed by atoms with Gasteiger partial charge < -0.3 is 4.57 Å². The fraction of sp³-hybridized carbons (Fsp3) is 0.556. The average Bonchev–Trinajstić information content (AvgIpc) is 2.90. The highest BCUT2D eigenvalue weighted by Crippen LogP contribution is 2.01. The van der Waals surface area contributed by atoms with Crippen LogP contribution < -0.4 is 0 Å². The zero-order chi connectivity index (χ0) is 11.4. The van der Waals surface area contributed by atoms with Gasteiger partial charge in [-0.05, 0) is 18.6 Å². The first-order valence-electron chi connectivity index (χ1n) is 5.29. The molecule has 0 saturated heterocycles. The Morgan fingerprint density at radius 3 is 3.00 bits per heavy atom. The quantitative estimate of drug-likeness (QED) is 0.795. The van der Waals surface area contributed by atoms with Gasteiger partial charge in [0.15, 0.2) is 4.77 Å². The van der Waals surface area contributed by atoms with Gasteiger partial charge in [0, 0.05) is 25.7 Å². The summed E-state index contributed by atoms with van der Waals surface area (Å²) in [5.74, 6) is 1.00. The van der Waals surface area contributed by atoms with E-state index >= 15 is 0 Å². The van der Waals surface area contributed by atoms with E-state index in [-0.39, 0.29) is 0 Å². The lowest BCUT2D eigenvalue weighted by atomic mass is 10.4. The Balaban J connectivity index is 1.94. The molecule has 6 nitrogen and oxygen atoms in total. The van der Waals surface area contributed by atoms with Gasteiger partial charge in [0.25, 0.3) is 0 Å². The number of nitrogens with one attached hydrogen (secondary N) is 1. The normalized spacial score (nSPS) is 10.8. The first kappa shape index (κ1) is 11.0. The van der Waals surface area contributed by atoms with Gasteiger partial charge in [-0.3, -0.25) is 9.78 Å². The van der Waals surface area contributed by atoms with Crippen LogP contribution in [0.2, 0.25) is 0 Å². The van der Waals surface area contributed by atoms with Crippen LogP contribution in [-0.2, 0) is 19.5 Å². The van der Waals surface area contributed by atoms with E-state index < -0.39 is 0 Å². The molecule has 0 amide bonds. The molecule has 0 aliphatic carbocycles. The summed E-state index contributed by atoms with van der Waals surface area (Å²) >= 11 is 5.16. The molecule has 0 aliphatic rings. The Morgan fingerprint density at radius 2 is 2.31 bits per heavy atom. The minimum Gasteiger partial charge on any atom is -0.304 e. The van der Waals surface area contributed by atoms with Crippen molar-refractivity contribution in [1.82, 2.24) is 29.8 Å². The van der Waals surface area contributed by atoms with Crippen LogP contribution in [0.1, 0.15) is 19.2 Å². The second-order valence-electron chi connectivity index (χ2n) is 3.47. The summed E-state index contributed by atoms with van der Waals surface area (Å²) in [7, 11) is 0. The molecule has 0 radical (unpaired) electrons. The molecule has 0 aliphatic heterocycles. The number of aromatic nitrogens is 6. The van der Waals surface area contributed by atoms with E-state index in [9.17, 15) is 0 Å². The molecule has 2 heterocycles. The number of hydrogen-bond donors (Lipinski definition) is 1. The lowest BCUT2D eigenvalue weighted by Crippen LogP contribution is -2.07. The molecule has 2 aromatic rings. The van der Waals surface area contributed by atoms with E-state index in [1.807, 2.05) is 15.4 Å². The van der Waals surface area contributed by atoms with Gasteiger partial charge >= 0.3 is 0 Å². The smallest absolute Gasteiger partial charge is 0.195 e. The second-order valence-corrected chi connectivity index (χ2v) is 3.86. The van der Waals surface area contributed by atoms with Crippen LogP contribution in [0.5, 0.6) is 0 Å². The first-order valence-corrected chi connectivity index (χ1v) is 5.70. The topological polar surface area (TPSA) is 64.3 Å². The van der Waals surface area contributed by atoms with Crippen LogP contribution in [0.4, 0.5) is 0 Å². The predicted octanol–water partition coefficient (Wildman–Crippen LogP) is 1.18. The summed E-state index contributed by atoms with van der Waals surface area (Å²) in [6.45, 7) is 3.77. The van der Waals surface area contributed by atoms with Gasteiger partial charge in [-0.1, -0.05) is 12.1 Å². The lowest BCUT2D eigenvalue weighted by Gasteiger charge is -2.04. The molecule has 0 aromatic carbocycles. The van der Waals surface area contributed by atoms with Crippen LogP contribution in [0.15, 0.2) is 12.4 Å². The Hall–Kier alpha value is -1.50. The van der Waals surface area contributed by atoms with E-state index in [2.05, 4.69) is 27.4 Å². The third kappa shape index (κ3) is 2.35. The first-order chi connectivity index (χ1) is 7.81. The third-order valence-electron chi connectivity index (χ3n) is 2.39. The maximum Gasteiger partial charge on any atom is 0.195 e. The summed E-state index contributed by atoms with van der Waals surface area (Å²) in [6, 6.07) is 0. The highest BCUT2D eigenvalue weighted by Gasteiger charge is 2.03. The molecule has 2 aromatic heterocycles. The summed E-state index contributed by atoms with van der Waals surface area (Å²) in [5, 5.41) is 14.6. The summed E-state index contributed by atoms with van der Waals surface area (Å²) < 4.78 is 4.54. The van der Waals surface area contributed by atoms with E-state index in [4.69, 9.17) is 12.2 Å². The average molecular weight is 238 g/mol. The van der Waals surface area contributed by atoms with Crippen LogP contribution in [0.3, 0.4) is 0 Å². The molecular weight excluding hydrogens is 224 g/mol. The number of nitrogens with zero attached hydrogens (tertiary/aromatic N) is 5. The van der Waals surface area contributed by atoms with Gasteiger partial charge in [-0.2, -0.15) is 5.10 Å². The zero-order valence-corrected chi connectivity index (χ0v) is 9.94. The summed E-state index contributed by atoms with van der Waals surface area (Å²) in [4.78, 5) is 0. The van der Waals surface area contributed by atoms with Gasteiger partial charge in [0.1, 0.15) is 5.82 Å². The molecule has 0 fully saturated rings. The van der Waals surface area contributed by atoms with E-state index in [1.165, 1.54) is 0 Å². The minimum absolute atomic E-state index is 0.690. The van der Waals surface area contributed by atoms with Crippen molar-refractivity contribution >= 4 is 12.2 Å². The van der Waals surface area contributed by atoms with Gasteiger partial charge in [0.05, 0.1) is 6.20 Å². The van der Waals surface area contributed by atoms with Crippen molar-refractivity contribution in [2.24, 2.45) is 0 Å². The minimum atomic E-state index is 0.690. The molecule has 0 saturated carbocycles. The second kappa shape index (κ2) is 5.02. The van der Waals surface area contributed by atoms with E-state index in [0.29, 0.717) is 4.77 Å². The summed E-state index contributed by atoms with van der Waals surface area (Å²) in [6.07, 6.45) is 5.39. The molecule has 2 rings (SSSR count). The number of hydrogen-bond acceptors (Lipinski definition) is 4.